The van der Waals surface area contributed by atoms with Crippen LogP contribution in [0.4, 0.5) is 0 Å². The number of nitrogens with one attached hydrogen (secondary N) is 1. The minimum Gasteiger partial charge on any atom is -0.271 e. The van der Waals surface area contributed by atoms with Crippen molar-refractivity contribution in [1.29, 1.82) is 0 Å². The van der Waals surface area contributed by atoms with Gasteiger partial charge in [-0.1, -0.05) is 81.7 Å². The molecule has 1 aromatic rings. The number of nitrogens with two attached hydrogens (primary N) is 1. The SMILES string of the molecule is CCCCCCCCCC(CCc1ccc(C)cc1)NN. The molecule has 0 saturated heterocycles. The molecule has 0 spiro atoms. The highest BCUT2D eigenvalue weighted by Crippen LogP contribution is 2.13. The molecule has 120 valence electrons. The fraction of sp³-hybridized carbons (Fsp3) is 0.684. The Morgan fingerprint density at radius 1 is 0.905 bits per heavy atom. The molecular weight excluding hydrogens is 256 g/mol. The average Bonchev–Trinajstić information content (AvgIpc) is 2.51. The van der Waals surface area contributed by atoms with E-state index < -0.39 is 0 Å². The Kier molecular flexibility index (Phi) is 10.2. The summed E-state index contributed by atoms with van der Waals surface area (Å²) in [6.07, 6.45) is 13.0. The zero-order valence-corrected chi connectivity index (χ0v) is 14.0. The molecule has 1 unspecified atom stereocenters. The van der Waals surface area contributed by atoms with Gasteiger partial charge in [-0.3, -0.25) is 11.3 Å². The van der Waals surface area contributed by atoms with Gasteiger partial charge < -0.3 is 0 Å². The first kappa shape index (κ1) is 18.2. The second-order valence-corrected chi connectivity index (χ2v) is 6.30. The first-order chi connectivity index (χ1) is 10.3. The van der Waals surface area contributed by atoms with Crippen molar-refractivity contribution in [3.05, 3.63) is 35.4 Å². The molecule has 0 amide bonds. The molecule has 1 aromatic carbocycles. The number of unbranched alkanes of at least 4 members (excludes halogenated alkanes) is 6. The van der Waals surface area contributed by atoms with Crippen molar-refractivity contribution < 1.29 is 0 Å². The maximum absolute atomic E-state index is 5.69. The van der Waals surface area contributed by atoms with Gasteiger partial charge in [0, 0.05) is 6.04 Å². The molecule has 0 saturated carbocycles. The topological polar surface area (TPSA) is 38.0 Å². The molecule has 0 bridgehead atoms. The standard InChI is InChI=1S/C19H34N2/c1-3-4-5-6-7-8-9-10-19(21-20)16-15-18-13-11-17(2)12-14-18/h11-14,19,21H,3-10,15-16,20H2,1-2H3. The second-order valence-electron chi connectivity index (χ2n) is 6.30. The Balaban J connectivity index is 2.09. The van der Waals surface area contributed by atoms with Crippen molar-refractivity contribution in [1.82, 2.24) is 5.43 Å². The van der Waals surface area contributed by atoms with Gasteiger partial charge in [-0.2, -0.15) is 0 Å². The lowest BCUT2D eigenvalue weighted by molar-refractivity contribution is 0.438. The zero-order chi connectivity index (χ0) is 15.3. The Morgan fingerprint density at radius 3 is 2.14 bits per heavy atom. The Labute approximate surface area is 131 Å². The summed E-state index contributed by atoms with van der Waals surface area (Å²) in [5.41, 5.74) is 5.74. The molecule has 0 aliphatic heterocycles. The molecule has 3 N–H and O–H groups in total. The average molecular weight is 290 g/mol. The lowest BCUT2D eigenvalue weighted by atomic mass is 9.99. The Morgan fingerprint density at radius 2 is 1.52 bits per heavy atom. The van der Waals surface area contributed by atoms with E-state index >= 15 is 0 Å². The van der Waals surface area contributed by atoms with Crippen LogP contribution in [-0.2, 0) is 6.42 Å². The van der Waals surface area contributed by atoms with Crippen LogP contribution in [0.1, 0.15) is 75.8 Å². The van der Waals surface area contributed by atoms with Crippen LogP contribution in [-0.4, -0.2) is 6.04 Å². The molecule has 0 fully saturated rings. The van der Waals surface area contributed by atoms with Crippen LogP contribution in [0.2, 0.25) is 0 Å². The highest BCUT2D eigenvalue weighted by molar-refractivity contribution is 5.21. The maximum Gasteiger partial charge on any atom is 0.0213 e. The van der Waals surface area contributed by atoms with E-state index in [1.807, 2.05) is 0 Å². The summed E-state index contributed by atoms with van der Waals surface area (Å²) >= 11 is 0. The Hall–Kier alpha value is -0.860. The maximum atomic E-state index is 5.69. The van der Waals surface area contributed by atoms with Crippen LogP contribution < -0.4 is 11.3 Å². The minimum absolute atomic E-state index is 0.460. The third-order valence-corrected chi connectivity index (χ3v) is 4.29. The monoisotopic (exact) mass is 290 g/mol. The summed E-state index contributed by atoms with van der Waals surface area (Å²) in [5, 5.41) is 0. The van der Waals surface area contributed by atoms with Crippen LogP contribution in [0.5, 0.6) is 0 Å². The lowest BCUT2D eigenvalue weighted by Crippen LogP contribution is -2.35. The zero-order valence-electron chi connectivity index (χ0n) is 14.0. The van der Waals surface area contributed by atoms with Crippen LogP contribution in [0.15, 0.2) is 24.3 Å². The molecule has 0 radical (unpaired) electrons. The van der Waals surface area contributed by atoms with Gasteiger partial charge in [-0.15, -0.1) is 0 Å². The van der Waals surface area contributed by atoms with Gasteiger partial charge in [0.15, 0.2) is 0 Å². The quantitative estimate of drug-likeness (QED) is 0.326. The summed E-state index contributed by atoms with van der Waals surface area (Å²) < 4.78 is 0. The molecule has 0 heterocycles. The highest BCUT2D eigenvalue weighted by Gasteiger charge is 2.06. The van der Waals surface area contributed by atoms with Crippen molar-refractivity contribution in [3.8, 4) is 0 Å². The van der Waals surface area contributed by atoms with Gasteiger partial charge in [0.05, 0.1) is 0 Å². The van der Waals surface area contributed by atoms with E-state index in [9.17, 15) is 0 Å². The van der Waals surface area contributed by atoms with E-state index in [2.05, 4.69) is 43.5 Å². The van der Waals surface area contributed by atoms with Crippen molar-refractivity contribution in [2.75, 3.05) is 0 Å². The summed E-state index contributed by atoms with van der Waals surface area (Å²) in [7, 11) is 0. The molecule has 2 heteroatoms. The van der Waals surface area contributed by atoms with Gasteiger partial charge in [-0.05, 0) is 31.7 Å². The summed E-state index contributed by atoms with van der Waals surface area (Å²) in [5.74, 6) is 5.69. The number of hydrazine groups is 1. The van der Waals surface area contributed by atoms with Crippen molar-refractivity contribution in [2.24, 2.45) is 5.84 Å². The predicted octanol–water partition coefficient (Wildman–Crippen LogP) is 4.90. The van der Waals surface area contributed by atoms with Crippen molar-refractivity contribution in [3.63, 3.8) is 0 Å². The van der Waals surface area contributed by atoms with Crippen LogP contribution in [0.25, 0.3) is 0 Å². The van der Waals surface area contributed by atoms with Gasteiger partial charge >= 0.3 is 0 Å². The van der Waals surface area contributed by atoms with Gasteiger partial charge in [-0.25, -0.2) is 0 Å². The highest BCUT2D eigenvalue weighted by atomic mass is 15.2. The normalized spacial score (nSPS) is 12.5. The summed E-state index contributed by atoms with van der Waals surface area (Å²) in [6, 6.07) is 9.31. The molecule has 0 aromatic heterocycles. The molecule has 1 rings (SSSR count). The van der Waals surface area contributed by atoms with E-state index in [0.717, 1.165) is 12.8 Å². The van der Waals surface area contributed by atoms with Gasteiger partial charge in [0.2, 0.25) is 0 Å². The summed E-state index contributed by atoms with van der Waals surface area (Å²) in [4.78, 5) is 0. The number of benzene rings is 1. The third kappa shape index (κ3) is 8.90. The van der Waals surface area contributed by atoms with E-state index in [0.29, 0.717) is 6.04 Å². The van der Waals surface area contributed by atoms with Crippen LogP contribution in [0, 0.1) is 6.92 Å². The van der Waals surface area contributed by atoms with Crippen molar-refractivity contribution >= 4 is 0 Å². The second kappa shape index (κ2) is 11.8. The third-order valence-electron chi connectivity index (χ3n) is 4.29. The number of aryl methyl sites for hydroxylation is 2. The number of hydrogen-bond donors (Lipinski definition) is 2. The smallest absolute Gasteiger partial charge is 0.0213 e. The first-order valence-corrected chi connectivity index (χ1v) is 8.78. The minimum atomic E-state index is 0.460. The number of rotatable bonds is 12. The van der Waals surface area contributed by atoms with E-state index in [-0.39, 0.29) is 0 Å². The predicted molar refractivity (Wildman–Crippen MR) is 93.2 cm³/mol. The fourth-order valence-electron chi connectivity index (χ4n) is 2.75. The molecular formula is C19H34N2. The Bertz CT molecular complexity index is 345. The largest absolute Gasteiger partial charge is 0.271 e. The molecule has 0 aliphatic carbocycles. The summed E-state index contributed by atoms with van der Waals surface area (Å²) in [6.45, 7) is 4.40. The molecule has 2 nitrogen and oxygen atoms in total. The first-order valence-electron chi connectivity index (χ1n) is 8.78. The van der Waals surface area contributed by atoms with E-state index in [1.54, 1.807) is 0 Å². The van der Waals surface area contributed by atoms with Gasteiger partial charge in [0.25, 0.3) is 0 Å². The van der Waals surface area contributed by atoms with Gasteiger partial charge in [0.1, 0.15) is 0 Å². The van der Waals surface area contributed by atoms with Crippen molar-refractivity contribution in [2.45, 2.75) is 84.1 Å². The van der Waals surface area contributed by atoms with E-state index in [1.165, 1.54) is 62.5 Å². The molecule has 0 aliphatic rings. The molecule has 21 heavy (non-hydrogen) atoms. The number of hydrogen-bond acceptors (Lipinski definition) is 2. The van der Waals surface area contributed by atoms with Crippen LogP contribution >= 0.6 is 0 Å². The lowest BCUT2D eigenvalue weighted by Gasteiger charge is -2.15. The van der Waals surface area contributed by atoms with Crippen LogP contribution in [0.3, 0.4) is 0 Å². The molecule has 1 atom stereocenters. The van der Waals surface area contributed by atoms with E-state index in [4.69, 9.17) is 5.84 Å². The fourth-order valence-corrected chi connectivity index (χ4v) is 2.75.